The molecule has 0 aliphatic heterocycles. The van der Waals surface area contributed by atoms with Crippen molar-refractivity contribution < 1.29 is 9.53 Å². The molecule has 4 heteroatoms. The summed E-state index contributed by atoms with van der Waals surface area (Å²) in [6, 6.07) is 7.68. The maximum Gasteiger partial charge on any atom is 0.244 e. The highest BCUT2D eigenvalue weighted by Crippen LogP contribution is 2.31. The number of carbonyl (C=O) groups is 1. The SMILES string of the molecule is COCc1ccccc1NC(=O)C1(N)CCCC(C)C1. The molecule has 3 N–H and O–H groups in total. The van der Waals surface area contributed by atoms with E-state index in [0.717, 1.165) is 36.9 Å². The van der Waals surface area contributed by atoms with E-state index in [1.807, 2.05) is 24.3 Å². The van der Waals surface area contributed by atoms with Gasteiger partial charge in [-0.2, -0.15) is 0 Å². The molecule has 2 atom stereocenters. The molecular formula is C16H24N2O2. The number of nitrogens with one attached hydrogen (secondary N) is 1. The van der Waals surface area contributed by atoms with Crippen molar-refractivity contribution in [1.29, 1.82) is 0 Å². The molecule has 2 rings (SSSR count). The van der Waals surface area contributed by atoms with E-state index in [4.69, 9.17) is 10.5 Å². The summed E-state index contributed by atoms with van der Waals surface area (Å²) in [5, 5.41) is 2.98. The first-order valence-electron chi connectivity index (χ1n) is 7.22. The molecule has 0 saturated heterocycles. The fourth-order valence-corrected chi connectivity index (χ4v) is 2.97. The van der Waals surface area contributed by atoms with Gasteiger partial charge in [0.25, 0.3) is 0 Å². The number of nitrogens with two attached hydrogens (primary N) is 1. The van der Waals surface area contributed by atoms with Crippen molar-refractivity contribution in [1.82, 2.24) is 0 Å². The minimum absolute atomic E-state index is 0.0763. The minimum atomic E-state index is -0.738. The quantitative estimate of drug-likeness (QED) is 0.888. The lowest BCUT2D eigenvalue weighted by molar-refractivity contribution is -0.122. The molecule has 0 heterocycles. The Bertz CT molecular complexity index is 475. The summed E-state index contributed by atoms with van der Waals surface area (Å²) in [7, 11) is 1.64. The first-order chi connectivity index (χ1) is 9.55. The van der Waals surface area contributed by atoms with E-state index in [2.05, 4.69) is 12.2 Å². The van der Waals surface area contributed by atoms with Gasteiger partial charge in [0.1, 0.15) is 0 Å². The van der Waals surface area contributed by atoms with Crippen LogP contribution in [0.3, 0.4) is 0 Å². The van der Waals surface area contributed by atoms with Gasteiger partial charge in [-0.05, 0) is 24.8 Å². The first-order valence-corrected chi connectivity index (χ1v) is 7.22. The van der Waals surface area contributed by atoms with Crippen LogP contribution in [0.4, 0.5) is 5.69 Å². The van der Waals surface area contributed by atoms with E-state index in [1.165, 1.54) is 0 Å². The van der Waals surface area contributed by atoms with E-state index in [0.29, 0.717) is 12.5 Å². The standard InChI is InChI=1S/C16H24N2O2/c1-12-6-5-9-16(17,10-12)15(19)18-14-8-4-3-7-13(14)11-20-2/h3-4,7-8,12H,5-6,9-11,17H2,1-2H3,(H,18,19). The van der Waals surface area contributed by atoms with Crippen molar-refractivity contribution >= 4 is 11.6 Å². The Balaban J connectivity index is 2.11. The van der Waals surface area contributed by atoms with Gasteiger partial charge < -0.3 is 15.8 Å². The van der Waals surface area contributed by atoms with Crippen LogP contribution in [0.15, 0.2) is 24.3 Å². The van der Waals surface area contributed by atoms with E-state index in [9.17, 15) is 4.79 Å². The van der Waals surface area contributed by atoms with Crippen LogP contribution in [0.5, 0.6) is 0 Å². The van der Waals surface area contributed by atoms with E-state index in [1.54, 1.807) is 7.11 Å². The first kappa shape index (κ1) is 15.0. The van der Waals surface area contributed by atoms with Crippen molar-refractivity contribution in [3.05, 3.63) is 29.8 Å². The Kier molecular flexibility index (Phi) is 4.78. The van der Waals surface area contributed by atoms with Gasteiger partial charge in [0.2, 0.25) is 5.91 Å². The average Bonchev–Trinajstić information content (AvgIpc) is 2.41. The van der Waals surface area contributed by atoms with Gasteiger partial charge in [-0.1, -0.05) is 38.0 Å². The second kappa shape index (κ2) is 6.37. The van der Waals surface area contributed by atoms with Gasteiger partial charge in [-0.15, -0.1) is 0 Å². The molecule has 1 aliphatic carbocycles. The van der Waals surface area contributed by atoms with Gasteiger partial charge in [-0.25, -0.2) is 0 Å². The molecule has 0 spiro atoms. The number of ether oxygens (including phenoxy) is 1. The zero-order chi connectivity index (χ0) is 14.6. The molecule has 1 fully saturated rings. The smallest absolute Gasteiger partial charge is 0.244 e. The van der Waals surface area contributed by atoms with Crippen LogP contribution < -0.4 is 11.1 Å². The highest BCUT2D eigenvalue weighted by atomic mass is 16.5. The van der Waals surface area contributed by atoms with E-state index in [-0.39, 0.29) is 5.91 Å². The Hall–Kier alpha value is -1.39. The highest BCUT2D eigenvalue weighted by Gasteiger charge is 2.38. The Labute approximate surface area is 120 Å². The third-order valence-electron chi connectivity index (χ3n) is 4.05. The molecule has 1 aromatic carbocycles. The van der Waals surface area contributed by atoms with Crippen molar-refractivity contribution in [2.75, 3.05) is 12.4 Å². The molecule has 110 valence electrons. The molecule has 0 radical (unpaired) electrons. The highest BCUT2D eigenvalue weighted by molar-refractivity contribution is 5.98. The molecule has 0 bridgehead atoms. The predicted molar refractivity (Wildman–Crippen MR) is 80.3 cm³/mol. The number of para-hydroxylation sites is 1. The van der Waals surface area contributed by atoms with Crippen LogP contribution in [0.25, 0.3) is 0 Å². The Morgan fingerprint density at radius 1 is 1.50 bits per heavy atom. The molecule has 1 amide bonds. The molecule has 2 unspecified atom stereocenters. The summed E-state index contributed by atoms with van der Waals surface area (Å²) >= 11 is 0. The number of methoxy groups -OCH3 is 1. The van der Waals surface area contributed by atoms with Gasteiger partial charge in [0.05, 0.1) is 12.1 Å². The van der Waals surface area contributed by atoms with Crippen LogP contribution in [-0.2, 0) is 16.1 Å². The van der Waals surface area contributed by atoms with Crippen LogP contribution in [-0.4, -0.2) is 18.6 Å². The molecule has 20 heavy (non-hydrogen) atoms. The normalized spacial score (nSPS) is 26.2. The summed E-state index contributed by atoms with van der Waals surface area (Å²) in [4.78, 5) is 12.5. The zero-order valence-corrected chi connectivity index (χ0v) is 12.3. The third-order valence-corrected chi connectivity index (χ3v) is 4.05. The topological polar surface area (TPSA) is 64.3 Å². The number of anilines is 1. The maximum atomic E-state index is 12.5. The number of rotatable bonds is 4. The lowest BCUT2D eigenvalue weighted by Gasteiger charge is -2.35. The van der Waals surface area contributed by atoms with Crippen LogP contribution in [0.1, 0.15) is 38.2 Å². The second-order valence-electron chi connectivity index (χ2n) is 5.90. The Morgan fingerprint density at radius 3 is 2.95 bits per heavy atom. The van der Waals surface area contributed by atoms with Gasteiger partial charge in [0, 0.05) is 18.4 Å². The van der Waals surface area contributed by atoms with E-state index < -0.39 is 5.54 Å². The maximum absolute atomic E-state index is 12.5. The van der Waals surface area contributed by atoms with E-state index >= 15 is 0 Å². The summed E-state index contributed by atoms with van der Waals surface area (Å²) in [6.45, 7) is 2.64. The van der Waals surface area contributed by atoms with Crippen LogP contribution >= 0.6 is 0 Å². The number of hydrogen-bond acceptors (Lipinski definition) is 3. The van der Waals surface area contributed by atoms with Crippen molar-refractivity contribution in [2.24, 2.45) is 11.7 Å². The average molecular weight is 276 g/mol. The van der Waals surface area contributed by atoms with Gasteiger partial charge in [0.15, 0.2) is 0 Å². The number of hydrogen-bond donors (Lipinski definition) is 2. The van der Waals surface area contributed by atoms with Crippen molar-refractivity contribution in [2.45, 2.75) is 44.8 Å². The summed E-state index contributed by atoms with van der Waals surface area (Å²) < 4.78 is 5.16. The monoisotopic (exact) mass is 276 g/mol. The molecule has 1 aliphatic rings. The van der Waals surface area contributed by atoms with Crippen LogP contribution in [0.2, 0.25) is 0 Å². The largest absolute Gasteiger partial charge is 0.380 e. The predicted octanol–water partition coefficient (Wildman–Crippen LogP) is 2.68. The Morgan fingerprint density at radius 2 is 2.25 bits per heavy atom. The molecular weight excluding hydrogens is 252 g/mol. The molecule has 0 aromatic heterocycles. The zero-order valence-electron chi connectivity index (χ0n) is 12.3. The molecule has 1 saturated carbocycles. The second-order valence-corrected chi connectivity index (χ2v) is 5.90. The number of amides is 1. The van der Waals surface area contributed by atoms with Crippen LogP contribution in [0, 0.1) is 5.92 Å². The molecule has 1 aromatic rings. The van der Waals surface area contributed by atoms with Crippen molar-refractivity contribution in [3.63, 3.8) is 0 Å². The van der Waals surface area contributed by atoms with Gasteiger partial charge >= 0.3 is 0 Å². The number of carbonyl (C=O) groups excluding carboxylic acids is 1. The fourth-order valence-electron chi connectivity index (χ4n) is 2.97. The minimum Gasteiger partial charge on any atom is -0.380 e. The lowest BCUT2D eigenvalue weighted by atomic mass is 9.76. The van der Waals surface area contributed by atoms with Gasteiger partial charge in [-0.3, -0.25) is 4.79 Å². The van der Waals surface area contributed by atoms with Crippen molar-refractivity contribution in [3.8, 4) is 0 Å². The molecule has 4 nitrogen and oxygen atoms in total. The summed E-state index contributed by atoms with van der Waals surface area (Å²) in [5.41, 5.74) is 7.35. The number of benzene rings is 1. The third kappa shape index (κ3) is 3.38. The lowest BCUT2D eigenvalue weighted by Crippen LogP contribution is -2.53. The summed E-state index contributed by atoms with van der Waals surface area (Å²) in [6.07, 6.45) is 3.69. The summed E-state index contributed by atoms with van der Waals surface area (Å²) in [5.74, 6) is 0.432. The fraction of sp³-hybridized carbons (Fsp3) is 0.562.